The fourth-order valence-electron chi connectivity index (χ4n) is 3.63. The summed E-state index contributed by atoms with van der Waals surface area (Å²) in [4.78, 5) is 38.9. The topological polar surface area (TPSA) is 84.9 Å². The molecule has 1 aliphatic rings. The monoisotopic (exact) mass is 520 g/mol. The van der Waals surface area contributed by atoms with Crippen LogP contribution >= 0.6 is 11.8 Å². The molecule has 4 rings (SSSR count). The standard InChI is InChI=1S/C28H25FN2O5S/c1-3-35-24-14-19(11-12-23(24)36-17-20-8-4-5-10-22(20)29)15-25-27(33)31(28(34)37-25)16-26(32)30-21-9-6-7-18(2)13-21/h4-15H,3,16-17H2,1-2H3,(H,30,32)/b25-15+. The number of halogens is 1. The number of ether oxygens (including phenoxy) is 2. The number of amides is 3. The molecule has 3 aromatic rings. The number of rotatable bonds is 9. The lowest BCUT2D eigenvalue weighted by atomic mass is 10.1. The third kappa shape index (κ3) is 6.56. The second-order valence-electron chi connectivity index (χ2n) is 8.20. The molecule has 0 aliphatic carbocycles. The van der Waals surface area contributed by atoms with Gasteiger partial charge in [0, 0.05) is 11.3 Å². The maximum Gasteiger partial charge on any atom is 0.294 e. The lowest BCUT2D eigenvalue weighted by molar-refractivity contribution is -0.127. The van der Waals surface area contributed by atoms with Gasteiger partial charge < -0.3 is 14.8 Å². The minimum Gasteiger partial charge on any atom is -0.490 e. The Labute approximate surface area is 218 Å². The summed E-state index contributed by atoms with van der Waals surface area (Å²) in [7, 11) is 0. The molecule has 1 aliphatic heterocycles. The quantitative estimate of drug-likeness (QED) is 0.360. The lowest BCUT2D eigenvalue weighted by Crippen LogP contribution is -2.36. The highest BCUT2D eigenvalue weighted by Gasteiger charge is 2.36. The first-order valence-electron chi connectivity index (χ1n) is 11.6. The van der Waals surface area contributed by atoms with Crippen LogP contribution in [0.25, 0.3) is 6.08 Å². The summed E-state index contributed by atoms with van der Waals surface area (Å²) in [5, 5.41) is 2.18. The molecule has 0 bridgehead atoms. The maximum atomic E-state index is 13.9. The van der Waals surface area contributed by atoms with Crippen LogP contribution in [-0.2, 0) is 16.2 Å². The minimum absolute atomic E-state index is 0.0234. The molecule has 3 aromatic carbocycles. The van der Waals surface area contributed by atoms with Crippen LogP contribution in [-0.4, -0.2) is 35.1 Å². The van der Waals surface area contributed by atoms with Gasteiger partial charge in [0.25, 0.3) is 11.1 Å². The van der Waals surface area contributed by atoms with Crippen LogP contribution in [0.15, 0.2) is 71.6 Å². The molecule has 190 valence electrons. The number of carbonyl (C=O) groups excluding carboxylic acids is 3. The summed E-state index contributed by atoms with van der Waals surface area (Å²) in [6, 6.07) is 18.6. The maximum absolute atomic E-state index is 13.9. The van der Waals surface area contributed by atoms with E-state index in [1.54, 1.807) is 60.7 Å². The molecule has 37 heavy (non-hydrogen) atoms. The van der Waals surface area contributed by atoms with Gasteiger partial charge in [0.15, 0.2) is 11.5 Å². The van der Waals surface area contributed by atoms with Gasteiger partial charge in [0.05, 0.1) is 11.5 Å². The van der Waals surface area contributed by atoms with Crippen molar-refractivity contribution in [2.45, 2.75) is 20.5 Å². The first kappa shape index (κ1) is 26.0. The van der Waals surface area contributed by atoms with E-state index in [0.29, 0.717) is 34.9 Å². The molecule has 1 saturated heterocycles. The highest BCUT2D eigenvalue weighted by molar-refractivity contribution is 8.18. The molecule has 0 unspecified atom stereocenters. The first-order valence-corrected chi connectivity index (χ1v) is 12.4. The predicted molar refractivity (Wildman–Crippen MR) is 141 cm³/mol. The number of thioether (sulfide) groups is 1. The second-order valence-corrected chi connectivity index (χ2v) is 9.20. The van der Waals surface area contributed by atoms with E-state index < -0.39 is 17.1 Å². The largest absolute Gasteiger partial charge is 0.490 e. The molecule has 1 fully saturated rings. The number of aryl methyl sites for hydroxylation is 1. The number of carbonyl (C=O) groups is 3. The van der Waals surface area contributed by atoms with E-state index in [1.807, 2.05) is 19.9 Å². The molecule has 0 aromatic heterocycles. The van der Waals surface area contributed by atoms with Gasteiger partial charge in [-0.3, -0.25) is 19.3 Å². The van der Waals surface area contributed by atoms with Gasteiger partial charge in [0.1, 0.15) is 19.0 Å². The third-order valence-electron chi connectivity index (χ3n) is 5.38. The van der Waals surface area contributed by atoms with Crippen molar-refractivity contribution in [2.75, 3.05) is 18.5 Å². The number of hydrogen-bond donors (Lipinski definition) is 1. The van der Waals surface area contributed by atoms with Gasteiger partial charge in [-0.1, -0.05) is 36.4 Å². The van der Waals surface area contributed by atoms with Crippen molar-refractivity contribution in [3.8, 4) is 11.5 Å². The SMILES string of the molecule is CCOc1cc(/C=C2/SC(=O)N(CC(=O)Nc3cccc(C)c3)C2=O)ccc1OCc1ccccc1F. The molecule has 0 spiro atoms. The predicted octanol–water partition coefficient (Wildman–Crippen LogP) is 5.79. The van der Waals surface area contributed by atoms with Gasteiger partial charge in [-0.25, -0.2) is 4.39 Å². The van der Waals surface area contributed by atoms with Crippen molar-refractivity contribution < 1.29 is 28.2 Å². The number of nitrogens with one attached hydrogen (secondary N) is 1. The van der Waals surface area contributed by atoms with Crippen molar-refractivity contribution in [3.63, 3.8) is 0 Å². The Kier molecular flexibility index (Phi) is 8.25. The average Bonchev–Trinajstić information content (AvgIpc) is 3.12. The van der Waals surface area contributed by atoms with Crippen LogP contribution in [0.2, 0.25) is 0 Å². The Bertz CT molecular complexity index is 1370. The van der Waals surface area contributed by atoms with Crippen LogP contribution < -0.4 is 14.8 Å². The zero-order valence-corrected chi connectivity index (χ0v) is 21.1. The number of nitrogens with zero attached hydrogens (tertiary/aromatic N) is 1. The fraction of sp³-hybridized carbons (Fsp3) is 0.179. The normalized spacial score (nSPS) is 14.2. The van der Waals surface area contributed by atoms with Crippen LogP contribution in [0, 0.1) is 12.7 Å². The van der Waals surface area contributed by atoms with Crippen molar-refractivity contribution in [2.24, 2.45) is 0 Å². The number of benzene rings is 3. The van der Waals surface area contributed by atoms with E-state index in [4.69, 9.17) is 9.47 Å². The molecule has 7 nitrogen and oxygen atoms in total. The molecule has 1 heterocycles. The third-order valence-corrected chi connectivity index (χ3v) is 6.29. The van der Waals surface area contributed by atoms with Crippen molar-refractivity contribution in [3.05, 3.63) is 94.1 Å². The van der Waals surface area contributed by atoms with Crippen LogP contribution in [0.3, 0.4) is 0 Å². The van der Waals surface area contributed by atoms with Crippen molar-refractivity contribution in [1.82, 2.24) is 4.90 Å². The first-order chi connectivity index (χ1) is 17.8. The van der Waals surface area contributed by atoms with Crippen LogP contribution in [0.5, 0.6) is 11.5 Å². The number of anilines is 1. The molecule has 1 N–H and O–H groups in total. The molecule has 0 atom stereocenters. The molecule has 0 radical (unpaired) electrons. The summed E-state index contributed by atoms with van der Waals surface area (Å²) in [5.41, 5.74) is 2.58. The minimum atomic E-state index is -0.549. The number of imide groups is 1. The van der Waals surface area contributed by atoms with Crippen molar-refractivity contribution >= 4 is 40.6 Å². The molecule has 3 amide bonds. The summed E-state index contributed by atoms with van der Waals surface area (Å²) in [5.74, 6) is -0.538. The van der Waals surface area contributed by atoms with Gasteiger partial charge in [-0.15, -0.1) is 0 Å². The zero-order valence-electron chi connectivity index (χ0n) is 20.3. The van der Waals surface area contributed by atoms with Gasteiger partial charge in [-0.05, 0) is 73.1 Å². The van der Waals surface area contributed by atoms with Crippen molar-refractivity contribution in [1.29, 1.82) is 0 Å². The highest BCUT2D eigenvalue weighted by atomic mass is 32.2. The Morgan fingerprint density at radius 1 is 1.03 bits per heavy atom. The summed E-state index contributed by atoms with van der Waals surface area (Å²) < 4.78 is 25.4. The van der Waals surface area contributed by atoms with E-state index >= 15 is 0 Å². The smallest absolute Gasteiger partial charge is 0.294 e. The van der Waals surface area contributed by atoms with E-state index in [1.165, 1.54) is 6.07 Å². The molecule has 9 heteroatoms. The van der Waals surface area contributed by atoms with Gasteiger partial charge in [-0.2, -0.15) is 0 Å². The van der Waals surface area contributed by atoms with Gasteiger partial charge >= 0.3 is 0 Å². The van der Waals surface area contributed by atoms with Gasteiger partial charge in [0.2, 0.25) is 5.91 Å². The zero-order chi connectivity index (χ0) is 26.4. The molecule has 0 saturated carbocycles. The van der Waals surface area contributed by atoms with E-state index in [9.17, 15) is 18.8 Å². The second kappa shape index (κ2) is 11.7. The summed E-state index contributed by atoms with van der Waals surface area (Å²) in [6.07, 6.45) is 1.56. The van der Waals surface area contributed by atoms with Crippen LogP contribution in [0.4, 0.5) is 14.9 Å². The van der Waals surface area contributed by atoms with Crippen LogP contribution in [0.1, 0.15) is 23.6 Å². The van der Waals surface area contributed by atoms with E-state index in [0.717, 1.165) is 22.2 Å². The van der Waals surface area contributed by atoms with E-state index in [2.05, 4.69) is 5.32 Å². The Hall–Kier alpha value is -4.11. The summed E-state index contributed by atoms with van der Waals surface area (Å²) in [6.45, 7) is 3.72. The molecular weight excluding hydrogens is 495 g/mol. The molecular formula is C28H25FN2O5S. The number of hydrogen-bond acceptors (Lipinski definition) is 6. The fourth-order valence-corrected chi connectivity index (χ4v) is 4.47. The Balaban J connectivity index is 1.45. The lowest BCUT2D eigenvalue weighted by Gasteiger charge is -2.13. The Morgan fingerprint density at radius 2 is 1.84 bits per heavy atom. The Morgan fingerprint density at radius 3 is 2.59 bits per heavy atom. The highest BCUT2D eigenvalue weighted by Crippen LogP contribution is 2.35. The summed E-state index contributed by atoms with van der Waals surface area (Å²) >= 11 is 0.765. The average molecular weight is 521 g/mol. The van der Waals surface area contributed by atoms with E-state index in [-0.39, 0.29) is 23.9 Å².